The van der Waals surface area contributed by atoms with Crippen LogP contribution in [0.25, 0.3) is 17.2 Å². The molecule has 3 N–H and O–H groups in total. The number of hydrogen-bond donors (Lipinski definition) is 2. The number of nitrogens with one attached hydrogen (secondary N) is 1. The molecule has 6 heteroatoms. The number of hydrogen-bond acceptors (Lipinski definition) is 4. The minimum Gasteiger partial charge on any atom is -0.449 e. The van der Waals surface area contributed by atoms with Crippen LogP contribution in [0.1, 0.15) is 22.7 Å². The van der Waals surface area contributed by atoms with Crippen molar-refractivity contribution < 1.29 is 9.53 Å². The van der Waals surface area contributed by atoms with E-state index in [4.69, 9.17) is 22.1 Å². The molecule has 3 aromatic rings. The van der Waals surface area contributed by atoms with Gasteiger partial charge in [0.05, 0.1) is 11.4 Å². The number of nitrogen functional groups attached to an aromatic ring is 1. The van der Waals surface area contributed by atoms with Crippen LogP contribution in [0.5, 0.6) is 0 Å². The molecule has 1 aromatic heterocycles. The van der Waals surface area contributed by atoms with Crippen molar-refractivity contribution in [3.8, 4) is 11.1 Å². The number of rotatable bonds is 5. The van der Waals surface area contributed by atoms with E-state index < -0.39 is 6.09 Å². The normalized spacial score (nSPS) is 12.6. The molecular formula is C23H20ClN3O2. The van der Waals surface area contributed by atoms with Crippen molar-refractivity contribution in [3.05, 3.63) is 88.7 Å². The lowest BCUT2D eigenvalue weighted by Gasteiger charge is -2.14. The lowest BCUT2D eigenvalue weighted by molar-refractivity contribution is 0.144. The molecule has 0 radical (unpaired) electrons. The van der Waals surface area contributed by atoms with E-state index in [1.807, 2.05) is 24.3 Å². The van der Waals surface area contributed by atoms with Crippen molar-refractivity contribution in [1.29, 1.82) is 0 Å². The summed E-state index contributed by atoms with van der Waals surface area (Å²) < 4.78 is 5.49. The Labute approximate surface area is 174 Å². The average molecular weight is 406 g/mol. The fraction of sp³-hybridized carbons (Fsp3) is 0.130. The van der Waals surface area contributed by atoms with Gasteiger partial charge >= 0.3 is 6.09 Å². The Bertz CT molecular complexity index is 1040. The molecule has 29 heavy (non-hydrogen) atoms. The van der Waals surface area contributed by atoms with Gasteiger partial charge in [0.2, 0.25) is 0 Å². The molecule has 1 aliphatic carbocycles. The summed E-state index contributed by atoms with van der Waals surface area (Å²) in [6.07, 6.45) is 3.07. The zero-order valence-electron chi connectivity index (χ0n) is 15.6. The Morgan fingerprint density at radius 3 is 2.38 bits per heavy atom. The molecule has 0 saturated heterocycles. The van der Waals surface area contributed by atoms with Crippen LogP contribution in [0.2, 0.25) is 5.15 Å². The van der Waals surface area contributed by atoms with E-state index in [9.17, 15) is 4.79 Å². The minimum atomic E-state index is -0.459. The monoisotopic (exact) mass is 405 g/mol. The Kier molecular flexibility index (Phi) is 5.49. The number of nitrogens with two attached hydrogens (primary N) is 1. The second kappa shape index (κ2) is 8.37. The molecule has 0 unspecified atom stereocenters. The number of nitrogens with zero attached hydrogens (tertiary/aromatic N) is 1. The summed E-state index contributed by atoms with van der Waals surface area (Å²) in [5, 5.41) is 2.98. The Morgan fingerprint density at radius 2 is 1.72 bits per heavy atom. The highest BCUT2D eigenvalue weighted by Crippen LogP contribution is 2.44. The predicted octanol–water partition coefficient (Wildman–Crippen LogP) is 4.87. The van der Waals surface area contributed by atoms with Crippen LogP contribution in [-0.4, -0.2) is 24.2 Å². The predicted molar refractivity (Wildman–Crippen MR) is 116 cm³/mol. The smallest absolute Gasteiger partial charge is 0.407 e. The molecule has 0 fully saturated rings. The quantitative estimate of drug-likeness (QED) is 0.593. The van der Waals surface area contributed by atoms with Crippen molar-refractivity contribution >= 4 is 29.5 Å². The summed E-state index contributed by atoms with van der Waals surface area (Å²) in [6.45, 7) is 0.610. The van der Waals surface area contributed by atoms with Crippen LogP contribution < -0.4 is 11.1 Å². The first-order valence-corrected chi connectivity index (χ1v) is 9.68. The number of fused-ring (bicyclic) bond motifs is 3. The van der Waals surface area contributed by atoms with Crippen LogP contribution in [-0.2, 0) is 4.74 Å². The first-order valence-electron chi connectivity index (χ1n) is 9.31. The van der Waals surface area contributed by atoms with Crippen molar-refractivity contribution in [2.75, 3.05) is 18.9 Å². The van der Waals surface area contributed by atoms with E-state index in [0.717, 1.165) is 0 Å². The van der Waals surface area contributed by atoms with Gasteiger partial charge in [0.25, 0.3) is 0 Å². The number of benzene rings is 2. The van der Waals surface area contributed by atoms with Gasteiger partial charge in [0.15, 0.2) is 5.15 Å². The summed E-state index contributed by atoms with van der Waals surface area (Å²) >= 11 is 5.89. The van der Waals surface area contributed by atoms with E-state index in [2.05, 4.69) is 34.6 Å². The summed E-state index contributed by atoms with van der Waals surface area (Å²) in [7, 11) is 0. The van der Waals surface area contributed by atoms with Gasteiger partial charge in [-0.05, 0) is 40.5 Å². The number of ether oxygens (including phenoxy) is 1. The van der Waals surface area contributed by atoms with Crippen LogP contribution in [0.15, 0.2) is 66.7 Å². The molecule has 0 bridgehead atoms. The van der Waals surface area contributed by atoms with Gasteiger partial charge in [0.1, 0.15) is 6.61 Å². The first kappa shape index (κ1) is 19.0. The third-order valence-corrected chi connectivity index (χ3v) is 5.20. The summed E-state index contributed by atoms with van der Waals surface area (Å²) in [6, 6.07) is 19.9. The third kappa shape index (κ3) is 4.10. The molecular weight excluding hydrogens is 386 g/mol. The standard InChI is InChI=1S/C23H20ClN3O2/c24-22-21(25)12-11-15(27-22)6-5-13-26-23(28)29-14-20-18-9-3-1-7-16(18)17-8-2-4-10-19(17)20/h1-12,20H,13-14,25H2,(H,26,28). The number of aromatic nitrogens is 1. The molecule has 1 amide bonds. The van der Waals surface area contributed by atoms with Gasteiger partial charge in [-0.1, -0.05) is 66.2 Å². The minimum absolute atomic E-state index is 0.0461. The van der Waals surface area contributed by atoms with Gasteiger partial charge in [-0.15, -0.1) is 0 Å². The molecule has 0 saturated carbocycles. The zero-order chi connectivity index (χ0) is 20.2. The maximum atomic E-state index is 12.1. The van der Waals surface area contributed by atoms with E-state index in [1.54, 1.807) is 24.3 Å². The van der Waals surface area contributed by atoms with Gasteiger partial charge in [0, 0.05) is 12.5 Å². The van der Waals surface area contributed by atoms with Gasteiger partial charge in [-0.2, -0.15) is 0 Å². The highest BCUT2D eigenvalue weighted by Gasteiger charge is 2.28. The summed E-state index contributed by atoms with van der Waals surface area (Å²) in [4.78, 5) is 16.2. The lowest BCUT2D eigenvalue weighted by atomic mass is 9.98. The van der Waals surface area contributed by atoms with Crippen LogP contribution in [0, 0.1) is 0 Å². The number of carbonyl (C=O) groups excluding carboxylic acids is 1. The lowest BCUT2D eigenvalue weighted by Crippen LogP contribution is -2.26. The second-order valence-corrected chi connectivity index (χ2v) is 7.08. The fourth-order valence-electron chi connectivity index (χ4n) is 3.52. The molecule has 0 atom stereocenters. The molecule has 0 aliphatic heterocycles. The van der Waals surface area contributed by atoms with E-state index >= 15 is 0 Å². The SMILES string of the molecule is Nc1ccc(C=CCNC(=O)OCC2c3ccccc3-c3ccccc32)nc1Cl. The van der Waals surface area contributed by atoms with Crippen LogP contribution in [0.4, 0.5) is 10.5 Å². The third-order valence-electron chi connectivity index (χ3n) is 4.90. The Balaban J connectivity index is 1.33. The molecule has 4 rings (SSSR count). The summed E-state index contributed by atoms with van der Waals surface area (Å²) in [5.74, 6) is 0.0461. The van der Waals surface area contributed by atoms with Crippen molar-refractivity contribution in [2.45, 2.75) is 5.92 Å². The fourth-order valence-corrected chi connectivity index (χ4v) is 3.68. The maximum Gasteiger partial charge on any atom is 0.407 e. The van der Waals surface area contributed by atoms with E-state index in [0.29, 0.717) is 24.5 Å². The van der Waals surface area contributed by atoms with Gasteiger partial charge < -0.3 is 15.8 Å². The number of alkyl carbamates (subject to hydrolysis) is 1. The number of halogens is 1. The van der Waals surface area contributed by atoms with Crippen molar-refractivity contribution in [1.82, 2.24) is 10.3 Å². The molecule has 146 valence electrons. The molecule has 5 nitrogen and oxygen atoms in total. The van der Waals surface area contributed by atoms with Crippen molar-refractivity contribution in [3.63, 3.8) is 0 Å². The maximum absolute atomic E-state index is 12.1. The average Bonchev–Trinajstić information content (AvgIpc) is 3.06. The molecule has 0 spiro atoms. The Morgan fingerprint density at radius 1 is 1.07 bits per heavy atom. The number of anilines is 1. The molecule has 1 heterocycles. The van der Waals surface area contributed by atoms with E-state index in [-0.39, 0.29) is 11.1 Å². The second-order valence-electron chi connectivity index (χ2n) is 6.72. The number of amides is 1. The zero-order valence-corrected chi connectivity index (χ0v) is 16.4. The van der Waals surface area contributed by atoms with E-state index in [1.165, 1.54) is 22.3 Å². The van der Waals surface area contributed by atoms with Crippen LogP contribution in [0.3, 0.4) is 0 Å². The molecule has 2 aromatic carbocycles. The highest BCUT2D eigenvalue weighted by molar-refractivity contribution is 6.31. The number of pyridine rings is 1. The highest BCUT2D eigenvalue weighted by atomic mass is 35.5. The Hall–Kier alpha value is -3.31. The van der Waals surface area contributed by atoms with Crippen molar-refractivity contribution in [2.24, 2.45) is 0 Å². The topological polar surface area (TPSA) is 77.2 Å². The van der Waals surface area contributed by atoms with Gasteiger partial charge in [-0.25, -0.2) is 9.78 Å². The first-order chi connectivity index (χ1) is 14.1. The molecule has 1 aliphatic rings. The number of carbonyl (C=O) groups is 1. The summed E-state index contributed by atoms with van der Waals surface area (Å²) in [5.41, 5.74) is 11.5. The van der Waals surface area contributed by atoms with Crippen LogP contribution >= 0.6 is 11.6 Å². The van der Waals surface area contributed by atoms with Gasteiger partial charge in [-0.3, -0.25) is 0 Å². The largest absolute Gasteiger partial charge is 0.449 e.